The van der Waals surface area contributed by atoms with Crippen LogP contribution in [0.3, 0.4) is 0 Å². The average molecular weight is 355 g/mol. The standard InChI is InChI=1S/C14H19BrN4S/c1-2-19-10-16-17-14(19)11-4-3-7-18(8-11)9-12-5-6-13(15)20-12/h5-6,10-11H,2-4,7-9H2,1H3/t11-/m0/s1. The number of hydrogen-bond acceptors (Lipinski definition) is 4. The van der Waals surface area contributed by atoms with E-state index in [0.717, 1.165) is 25.5 Å². The first kappa shape index (κ1) is 14.2. The Morgan fingerprint density at radius 3 is 3.10 bits per heavy atom. The van der Waals surface area contributed by atoms with Gasteiger partial charge in [0.05, 0.1) is 3.79 Å². The molecule has 0 aromatic carbocycles. The number of thiophene rings is 1. The minimum absolute atomic E-state index is 0.523. The fourth-order valence-electron chi connectivity index (χ4n) is 2.89. The second kappa shape index (κ2) is 6.37. The first-order valence-corrected chi connectivity index (χ1v) is 8.71. The van der Waals surface area contributed by atoms with Crippen molar-refractivity contribution in [3.8, 4) is 0 Å². The highest BCUT2D eigenvalue weighted by Crippen LogP contribution is 2.28. The zero-order valence-electron chi connectivity index (χ0n) is 11.6. The lowest BCUT2D eigenvalue weighted by atomic mass is 9.97. The number of aromatic nitrogens is 3. The van der Waals surface area contributed by atoms with Gasteiger partial charge in [-0.05, 0) is 54.4 Å². The van der Waals surface area contributed by atoms with Crippen LogP contribution in [0.25, 0.3) is 0 Å². The van der Waals surface area contributed by atoms with E-state index in [4.69, 9.17) is 0 Å². The molecule has 0 N–H and O–H groups in total. The molecular formula is C14H19BrN4S. The van der Waals surface area contributed by atoms with Crippen molar-refractivity contribution >= 4 is 27.3 Å². The first-order valence-electron chi connectivity index (χ1n) is 7.10. The molecule has 0 bridgehead atoms. The molecule has 0 saturated carbocycles. The van der Waals surface area contributed by atoms with Crippen molar-refractivity contribution in [2.24, 2.45) is 0 Å². The van der Waals surface area contributed by atoms with Crippen LogP contribution in [0, 0.1) is 0 Å². The monoisotopic (exact) mass is 354 g/mol. The van der Waals surface area contributed by atoms with Gasteiger partial charge in [0.15, 0.2) is 0 Å². The van der Waals surface area contributed by atoms with Crippen LogP contribution in [0.1, 0.15) is 36.4 Å². The third kappa shape index (κ3) is 3.13. The summed E-state index contributed by atoms with van der Waals surface area (Å²) in [5.74, 6) is 1.68. The van der Waals surface area contributed by atoms with E-state index in [-0.39, 0.29) is 0 Å². The molecule has 108 valence electrons. The second-order valence-electron chi connectivity index (χ2n) is 5.26. The van der Waals surface area contributed by atoms with Gasteiger partial charge >= 0.3 is 0 Å². The molecule has 20 heavy (non-hydrogen) atoms. The van der Waals surface area contributed by atoms with E-state index in [0.29, 0.717) is 5.92 Å². The smallest absolute Gasteiger partial charge is 0.137 e. The van der Waals surface area contributed by atoms with Gasteiger partial charge in [-0.2, -0.15) is 0 Å². The Morgan fingerprint density at radius 1 is 1.45 bits per heavy atom. The Morgan fingerprint density at radius 2 is 2.35 bits per heavy atom. The molecule has 3 rings (SSSR count). The van der Waals surface area contributed by atoms with E-state index in [1.165, 1.54) is 28.0 Å². The van der Waals surface area contributed by atoms with Crippen molar-refractivity contribution in [2.75, 3.05) is 13.1 Å². The Kier molecular flexibility index (Phi) is 4.53. The van der Waals surface area contributed by atoms with Gasteiger partial charge in [0, 0.05) is 30.4 Å². The molecule has 1 fully saturated rings. The van der Waals surface area contributed by atoms with E-state index >= 15 is 0 Å². The second-order valence-corrected chi connectivity index (χ2v) is 7.80. The van der Waals surface area contributed by atoms with Crippen LogP contribution in [0.5, 0.6) is 0 Å². The van der Waals surface area contributed by atoms with Gasteiger partial charge < -0.3 is 4.57 Å². The molecule has 0 aliphatic carbocycles. The summed E-state index contributed by atoms with van der Waals surface area (Å²) in [6.07, 6.45) is 4.32. The third-order valence-corrected chi connectivity index (χ3v) is 5.47. The topological polar surface area (TPSA) is 34.0 Å². The Balaban J connectivity index is 1.67. The van der Waals surface area contributed by atoms with E-state index in [1.807, 2.05) is 17.7 Å². The van der Waals surface area contributed by atoms with Crippen LogP contribution in [-0.4, -0.2) is 32.8 Å². The van der Waals surface area contributed by atoms with Crippen molar-refractivity contribution in [1.82, 2.24) is 19.7 Å². The number of halogens is 1. The average Bonchev–Trinajstić information content (AvgIpc) is 3.08. The van der Waals surface area contributed by atoms with Crippen LogP contribution >= 0.6 is 27.3 Å². The highest BCUT2D eigenvalue weighted by Gasteiger charge is 2.25. The lowest BCUT2D eigenvalue weighted by Crippen LogP contribution is -2.34. The van der Waals surface area contributed by atoms with Gasteiger partial charge in [-0.3, -0.25) is 4.90 Å². The van der Waals surface area contributed by atoms with Crippen molar-refractivity contribution in [1.29, 1.82) is 0 Å². The first-order chi connectivity index (χ1) is 9.76. The molecule has 6 heteroatoms. The van der Waals surface area contributed by atoms with E-state index in [1.54, 1.807) is 0 Å². The molecule has 2 aromatic heterocycles. The summed E-state index contributed by atoms with van der Waals surface area (Å²) < 4.78 is 3.39. The van der Waals surface area contributed by atoms with Gasteiger partial charge in [0.1, 0.15) is 12.2 Å². The lowest BCUT2D eigenvalue weighted by Gasteiger charge is -2.31. The molecule has 0 amide bonds. The molecule has 2 aromatic rings. The Labute approximate surface area is 131 Å². The summed E-state index contributed by atoms with van der Waals surface area (Å²) in [5, 5.41) is 8.41. The fourth-order valence-corrected chi connectivity index (χ4v) is 4.42. The van der Waals surface area contributed by atoms with E-state index in [2.05, 4.69) is 54.7 Å². The number of rotatable bonds is 4. The summed E-state index contributed by atoms with van der Waals surface area (Å²) in [7, 11) is 0. The molecule has 0 radical (unpaired) electrons. The zero-order chi connectivity index (χ0) is 13.9. The Bertz CT molecular complexity index is 565. The molecule has 1 aliphatic heterocycles. The van der Waals surface area contributed by atoms with Gasteiger partial charge in [-0.25, -0.2) is 0 Å². The van der Waals surface area contributed by atoms with Crippen molar-refractivity contribution in [3.05, 3.63) is 32.9 Å². The molecule has 1 saturated heterocycles. The summed E-state index contributed by atoms with van der Waals surface area (Å²) >= 11 is 5.37. The van der Waals surface area contributed by atoms with E-state index < -0.39 is 0 Å². The molecular weight excluding hydrogens is 336 g/mol. The minimum atomic E-state index is 0.523. The largest absolute Gasteiger partial charge is 0.318 e. The number of aryl methyl sites for hydroxylation is 1. The van der Waals surface area contributed by atoms with Gasteiger partial charge in [-0.1, -0.05) is 0 Å². The summed E-state index contributed by atoms with van der Waals surface area (Å²) in [4.78, 5) is 3.97. The lowest BCUT2D eigenvalue weighted by molar-refractivity contribution is 0.196. The van der Waals surface area contributed by atoms with Crippen molar-refractivity contribution in [3.63, 3.8) is 0 Å². The molecule has 1 atom stereocenters. The van der Waals surface area contributed by atoms with Crippen LogP contribution < -0.4 is 0 Å². The highest BCUT2D eigenvalue weighted by atomic mass is 79.9. The molecule has 1 aliphatic rings. The van der Waals surface area contributed by atoms with Crippen LogP contribution in [0.15, 0.2) is 22.2 Å². The number of nitrogens with zero attached hydrogens (tertiary/aromatic N) is 4. The maximum atomic E-state index is 4.34. The zero-order valence-corrected chi connectivity index (χ0v) is 14.0. The molecule has 3 heterocycles. The Hall–Kier alpha value is -0.720. The van der Waals surface area contributed by atoms with Crippen molar-refractivity contribution < 1.29 is 0 Å². The summed E-state index contributed by atoms with van der Waals surface area (Å²) in [6, 6.07) is 4.35. The summed E-state index contributed by atoms with van der Waals surface area (Å²) in [5.41, 5.74) is 0. The number of hydrogen-bond donors (Lipinski definition) is 0. The summed E-state index contributed by atoms with van der Waals surface area (Å²) in [6.45, 7) is 6.43. The predicted molar refractivity (Wildman–Crippen MR) is 85.0 cm³/mol. The number of likely N-dealkylation sites (tertiary alicyclic amines) is 1. The van der Waals surface area contributed by atoms with Gasteiger partial charge in [-0.15, -0.1) is 21.5 Å². The van der Waals surface area contributed by atoms with Gasteiger partial charge in [0.2, 0.25) is 0 Å². The maximum Gasteiger partial charge on any atom is 0.137 e. The highest BCUT2D eigenvalue weighted by molar-refractivity contribution is 9.11. The third-order valence-electron chi connectivity index (χ3n) is 3.87. The minimum Gasteiger partial charge on any atom is -0.318 e. The molecule has 4 nitrogen and oxygen atoms in total. The van der Waals surface area contributed by atoms with Crippen LogP contribution in [-0.2, 0) is 13.1 Å². The van der Waals surface area contributed by atoms with Crippen LogP contribution in [0.2, 0.25) is 0 Å². The van der Waals surface area contributed by atoms with Crippen LogP contribution in [0.4, 0.5) is 0 Å². The van der Waals surface area contributed by atoms with E-state index in [9.17, 15) is 0 Å². The maximum absolute atomic E-state index is 4.34. The van der Waals surface area contributed by atoms with Crippen molar-refractivity contribution in [2.45, 2.75) is 38.8 Å². The fraction of sp³-hybridized carbons (Fsp3) is 0.571. The van der Waals surface area contributed by atoms with Gasteiger partial charge in [0.25, 0.3) is 0 Å². The SMILES string of the molecule is CCn1cnnc1[C@H]1CCCN(Cc2ccc(Br)s2)C1. The quantitative estimate of drug-likeness (QED) is 0.842. The normalized spacial score (nSPS) is 20.4. The molecule has 0 unspecified atom stereocenters. The number of piperidine rings is 1. The molecule has 0 spiro atoms. The predicted octanol–water partition coefficient (Wildman–Crippen LogP) is 3.50.